The summed E-state index contributed by atoms with van der Waals surface area (Å²) in [6, 6.07) is 1.54. The van der Waals surface area contributed by atoms with Crippen molar-refractivity contribution in [2.24, 2.45) is 16.5 Å². The molecule has 1 unspecified atom stereocenters. The molecular formula is C29H42ClN5O6. The fourth-order valence-corrected chi connectivity index (χ4v) is 7.35. The van der Waals surface area contributed by atoms with Gasteiger partial charge in [-0.15, -0.1) is 0 Å². The van der Waals surface area contributed by atoms with Gasteiger partial charge in [0.1, 0.15) is 16.6 Å². The normalized spacial score (nSPS) is 29.6. The molecule has 1 aromatic heterocycles. The van der Waals surface area contributed by atoms with Crippen LogP contribution in [0.15, 0.2) is 11.2 Å². The Morgan fingerprint density at radius 3 is 2.51 bits per heavy atom. The van der Waals surface area contributed by atoms with Crippen molar-refractivity contribution in [1.82, 2.24) is 14.9 Å². The summed E-state index contributed by atoms with van der Waals surface area (Å²) >= 11 is 6.47. The molecule has 2 saturated heterocycles. The van der Waals surface area contributed by atoms with E-state index in [0.717, 1.165) is 32.1 Å². The third-order valence-corrected chi connectivity index (χ3v) is 9.07. The summed E-state index contributed by atoms with van der Waals surface area (Å²) in [7, 11) is 0. The van der Waals surface area contributed by atoms with E-state index in [-0.39, 0.29) is 28.9 Å². The molecule has 41 heavy (non-hydrogen) atoms. The molecule has 5 rings (SSSR count). The van der Waals surface area contributed by atoms with Gasteiger partial charge in [0.25, 0.3) is 0 Å². The molecule has 1 aromatic rings. The lowest BCUT2D eigenvalue weighted by molar-refractivity contribution is -0.238. The van der Waals surface area contributed by atoms with Crippen molar-refractivity contribution in [3.05, 3.63) is 17.0 Å². The lowest BCUT2D eigenvalue weighted by Crippen LogP contribution is -2.60. The molecule has 3 heterocycles. The van der Waals surface area contributed by atoms with Crippen LogP contribution in [0, 0.1) is 11.3 Å². The first-order valence-corrected chi connectivity index (χ1v) is 15.2. The number of halogens is 1. The standard InChI is InChI=1S/C29H42ClN5O6/c1-19-18-34(26(37)41-27(2,3)4)13-8-14-35(19)22-17-21(30)31-25(32-22)23(36)20-9-7-11-28(24(20)33-38)10-5-6-12-29(28)39-15-16-40-29/h17,19-20,38H,5-16,18H2,1-4H3/b33-24+/t19-,20?,28-/m0/s1. The zero-order chi connectivity index (χ0) is 29.4. The highest BCUT2D eigenvalue weighted by Gasteiger charge is 2.62. The number of anilines is 1. The number of rotatable bonds is 3. The SMILES string of the molecule is C[C@H]1CN(C(=O)OC(C)(C)C)CCCN1c1cc(Cl)nc(C(=O)C2CCC[C@@]3(CCCCC34OCCO4)/C2=N/O)n1. The third-order valence-electron chi connectivity index (χ3n) is 8.87. The molecule has 2 saturated carbocycles. The maximum absolute atomic E-state index is 14.1. The van der Waals surface area contributed by atoms with Crippen LogP contribution in [0.5, 0.6) is 0 Å². The zero-order valence-corrected chi connectivity index (χ0v) is 25.3. The number of carbonyl (C=O) groups excluding carboxylic acids is 2. The van der Waals surface area contributed by atoms with Gasteiger partial charge in [0.15, 0.2) is 11.6 Å². The highest BCUT2D eigenvalue weighted by atomic mass is 35.5. The maximum atomic E-state index is 14.1. The van der Waals surface area contributed by atoms with Crippen molar-refractivity contribution in [2.45, 2.75) is 96.5 Å². The Bertz CT molecular complexity index is 1180. The molecule has 2 spiro atoms. The van der Waals surface area contributed by atoms with Crippen LogP contribution in [-0.2, 0) is 14.2 Å². The number of carbonyl (C=O) groups is 2. The molecule has 0 radical (unpaired) electrons. The van der Waals surface area contributed by atoms with Gasteiger partial charge in [-0.05, 0) is 59.8 Å². The first-order valence-electron chi connectivity index (χ1n) is 14.8. The molecule has 4 aliphatic rings. The van der Waals surface area contributed by atoms with Crippen molar-refractivity contribution in [3.63, 3.8) is 0 Å². The highest BCUT2D eigenvalue weighted by Crippen LogP contribution is 2.56. The van der Waals surface area contributed by atoms with Crippen LogP contribution in [-0.4, -0.2) is 87.9 Å². The number of ether oxygens (including phenoxy) is 3. The minimum Gasteiger partial charge on any atom is -0.444 e. The predicted molar refractivity (Wildman–Crippen MR) is 153 cm³/mol. The minimum absolute atomic E-state index is 0.00531. The Kier molecular flexibility index (Phi) is 8.51. The van der Waals surface area contributed by atoms with Crippen molar-refractivity contribution in [1.29, 1.82) is 0 Å². The number of ketones is 1. The number of fused-ring (bicyclic) bond motifs is 1. The van der Waals surface area contributed by atoms with Crippen molar-refractivity contribution >= 4 is 35.0 Å². The van der Waals surface area contributed by atoms with E-state index in [0.29, 0.717) is 63.6 Å². The first kappa shape index (κ1) is 30.0. The van der Waals surface area contributed by atoms with Gasteiger partial charge in [-0.25, -0.2) is 14.8 Å². The zero-order valence-electron chi connectivity index (χ0n) is 24.5. The molecule has 0 bridgehead atoms. The van der Waals surface area contributed by atoms with E-state index in [4.69, 9.17) is 30.8 Å². The first-order chi connectivity index (χ1) is 19.5. The van der Waals surface area contributed by atoms with Crippen LogP contribution >= 0.6 is 11.6 Å². The second kappa shape index (κ2) is 11.6. The van der Waals surface area contributed by atoms with Crippen molar-refractivity contribution in [3.8, 4) is 0 Å². The highest BCUT2D eigenvalue weighted by molar-refractivity contribution is 6.29. The van der Waals surface area contributed by atoms with Gasteiger partial charge >= 0.3 is 6.09 Å². The number of oxime groups is 1. The van der Waals surface area contributed by atoms with Gasteiger partial charge in [-0.2, -0.15) is 0 Å². The Morgan fingerprint density at radius 2 is 1.80 bits per heavy atom. The largest absolute Gasteiger partial charge is 0.444 e. The lowest BCUT2D eigenvalue weighted by atomic mass is 9.57. The Morgan fingerprint density at radius 1 is 1.10 bits per heavy atom. The summed E-state index contributed by atoms with van der Waals surface area (Å²) in [5.74, 6) is -1.37. The van der Waals surface area contributed by atoms with Gasteiger partial charge in [0.05, 0.1) is 30.3 Å². The molecule has 2 aliphatic heterocycles. The van der Waals surface area contributed by atoms with Crippen LogP contribution in [0.4, 0.5) is 10.6 Å². The number of nitrogens with zero attached hydrogens (tertiary/aromatic N) is 5. The van der Waals surface area contributed by atoms with Crippen molar-refractivity contribution < 1.29 is 29.0 Å². The van der Waals surface area contributed by atoms with E-state index in [1.54, 1.807) is 11.0 Å². The van der Waals surface area contributed by atoms with Gasteiger partial charge in [0, 0.05) is 38.2 Å². The summed E-state index contributed by atoms with van der Waals surface area (Å²) < 4.78 is 18.0. The van der Waals surface area contributed by atoms with E-state index in [1.165, 1.54) is 0 Å². The molecular weight excluding hydrogens is 550 g/mol. The van der Waals surface area contributed by atoms with E-state index >= 15 is 0 Å². The molecule has 1 N–H and O–H groups in total. The second-order valence-corrected chi connectivity index (χ2v) is 13.1. The molecule has 11 nitrogen and oxygen atoms in total. The van der Waals surface area contributed by atoms with Crippen LogP contribution in [0.1, 0.15) is 89.7 Å². The van der Waals surface area contributed by atoms with Gasteiger partial charge < -0.3 is 29.2 Å². The summed E-state index contributed by atoms with van der Waals surface area (Å²) in [4.78, 5) is 39.6. The predicted octanol–water partition coefficient (Wildman–Crippen LogP) is 5.08. The number of hydrogen-bond donors (Lipinski definition) is 1. The lowest BCUT2D eigenvalue weighted by Gasteiger charge is -2.53. The number of Topliss-reactive ketones (excluding diaryl/α,β-unsaturated/α-hetero) is 1. The van der Waals surface area contributed by atoms with Crippen LogP contribution < -0.4 is 4.90 Å². The Balaban J connectivity index is 1.39. The fourth-order valence-electron chi connectivity index (χ4n) is 7.17. The molecule has 226 valence electrons. The molecule has 1 amide bonds. The molecule has 4 fully saturated rings. The summed E-state index contributed by atoms with van der Waals surface area (Å²) in [6.07, 6.45) is 5.71. The molecule has 12 heteroatoms. The van der Waals surface area contributed by atoms with Gasteiger partial charge in [-0.1, -0.05) is 29.6 Å². The number of aromatic nitrogens is 2. The topological polar surface area (TPSA) is 127 Å². The van der Waals surface area contributed by atoms with Crippen LogP contribution in [0.25, 0.3) is 0 Å². The molecule has 2 aliphatic carbocycles. The minimum atomic E-state index is -0.867. The van der Waals surface area contributed by atoms with E-state index < -0.39 is 22.7 Å². The smallest absolute Gasteiger partial charge is 0.410 e. The molecule has 3 atom stereocenters. The number of amides is 1. The van der Waals surface area contributed by atoms with Crippen molar-refractivity contribution in [2.75, 3.05) is 37.7 Å². The van der Waals surface area contributed by atoms with E-state index in [1.807, 2.05) is 27.7 Å². The quantitative estimate of drug-likeness (QED) is 0.221. The molecule has 0 aromatic carbocycles. The monoisotopic (exact) mass is 591 g/mol. The second-order valence-electron chi connectivity index (χ2n) is 12.7. The fraction of sp³-hybridized carbons (Fsp3) is 0.759. The van der Waals surface area contributed by atoms with Crippen LogP contribution in [0.3, 0.4) is 0 Å². The van der Waals surface area contributed by atoms with E-state index in [9.17, 15) is 14.8 Å². The maximum Gasteiger partial charge on any atom is 0.410 e. The summed E-state index contributed by atoms with van der Waals surface area (Å²) in [6.45, 7) is 10.1. The van der Waals surface area contributed by atoms with Gasteiger partial charge in [0.2, 0.25) is 5.78 Å². The average Bonchev–Trinajstić information content (AvgIpc) is 3.30. The number of hydrogen-bond acceptors (Lipinski definition) is 10. The third kappa shape index (κ3) is 5.77. The Labute approximate surface area is 246 Å². The summed E-state index contributed by atoms with van der Waals surface area (Å²) in [5, 5.41) is 14.3. The average molecular weight is 592 g/mol. The van der Waals surface area contributed by atoms with Crippen LogP contribution in [0.2, 0.25) is 5.15 Å². The Hall–Kier alpha value is -2.50. The summed E-state index contributed by atoms with van der Waals surface area (Å²) in [5.41, 5.74) is -0.832. The van der Waals surface area contributed by atoms with E-state index in [2.05, 4.69) is 15.0 Å². The van der Waals surface area contributed by atoms with Gasteiger partial charge in [-0.3, -0.25) is 4.79 Å².